The van der Waals surface area contributed by atoms with E-state index >= 15 is 0 Å². The molecule has 1 aliphatic heterocycles. The van der Waals surface area contributed by atoms with E-state index in [1.54, 1.807) is 19.0 Å². The van der Waals surface area contributed by atoms with Crippen LogP contribution in [0.4, 0.5) is 4.79 Å². The van der Waals surface area contributed by atoms with Crippen molar-refractivity contribution >= 4 is 17.6 Å². The van der Waals surface area contributed by atoms with Crippen molar-refractivity contribution in [3.63, 3.8) is 0 Å². The Labute approximate surface area is 168 Å². The molecular formula is C23H32N2O3. The van der Waals surface area contributed by atoms with Crippen LogP contribution in [0.5, 0.6) is 0 Å². The van der Waals surface area contributed by atoms with Gasteiger partial charge in [0.15, 0.2) is 0 Å². The number of carbonyl (C=O) groups is 2. The number of fused-ring (bicyclic) bond motifs is 2. The number of amides is 2. The maximum Gasteiger partial charge on any atom is 0.410 e. The van der Waals surface area contributed by atoms with E-state index in [0.717, 1.165) is 30.4 Å². The van der Waals surface area contributed by atoms with Gasteiger partial charge in [0.05, 0.1) is 0 Å². The molecule has 2 amide bonds. The van der Waals surface area contributed by atoms with E-state index in [4.69, 9.17) is 4.74 Å². The molecule has 28 heavy (non-hydrogen) atoms. The van der Waals surface area contributed by atoms with Gasteiger partial charge < -0.3 is 14.5 Å². The first-order valence-electron chi connectivity index (χ1n) is 10.0. The highest BCUT2D eigenvalue weighted by Crippen LogP contribution is 2.46. The zero-order valence-electron chi connectivity index (χ0n) is 18.0. The molecule has 0 unspecified atom stereocenters. The first kappa shape index (κ1) is 20.4. The smallest absolute Gasteiger partial charge is 0.410 e. The Bertz CT molecular complexity index is 810. The number of nitrogens with zero attached hydrogens (tertiary/aromatic N) is 2. The monoisotopic (exact) mass is 384 g/mol. The summed E-state index contributed by atoms with van der Waals surface area (Å²) < 4.78 is 5.54. The quantitative estimate of drug-likeness (QED) is 0.731. The van der Waals surface area contributed by atoms with Crippen LogP contribution < -0.4 is 0 Å². The van der Waals surface area contributed by atoms with Gasteiger partial charge in [-0.1, -0.05) is 29.8 Å². The molecular weight excluding hydrogens is 352 g/mol. The van der Waals surface area contributed by atoms with Gasteiger partial charge in [-0.2, -0.15) is 0 Å². The van der Waals surface area contributed by atoms with E-state index in [1.165, 1.54) is 11.1 Å². The number of rotatable bonds is 1. The summed E-state index contributed by atoms with van der Waals surface area (Å²) in [4.78, 5) is 28.6. The molecule has 0 bridgehead atoms. The van der Waals surface area contributed by atoms with Crippen LogP contribution in [0.25, 0.3) is 5.57 Å². The third kappa shape index (κ3) is 3.94. The zero-order valence-corrected chi connectivity index (χ0v) is 18.0. The van der Waals surface area contributed by atoms with Crippen molar-refractivity contribution in [3.8, 4) is 0 Å². The lowest BCUT2D eigenvalue weighted by molar-refractivity contribution is -0.122. The van der Waals surface area contributed by atoms with Gasteiger partial charge in [-0.25, -0.2) is 4.79 Å². The van der Waals surface area contributed by atoms with Crippen molar-refractivity contribution in [3.05, 3.63) is 41.0 Å². The summed E-state index contributed by atoms with van der Waals surface area (Å²) in [5.41, 5.74) is 3.79. The molecule has 0 radical (unpaired) electrons. The van der Waals surface area contributed by atoms with Gasteiger partial charge in [0, 0.05) is 38.2 Å². The number of hydrogen-bond donors (Lipinski definition) is 0. The molecule has 1 heterocycles. The third-order valence-corrected chi connectivity index (χ3v) is 5.74. The van der Waals surface area contributed by atoms with Crippen LogP contribution in [-0.4, -0.2) is 54.6 Å². The lowest BCUT2D eigenvalue weighted by Crippen LogP contribution is -2.47. The van der Waals surface area contributed by atoms with E-state index in [2.05, 4.69) is 31.2 Å². The highest BCUT2D eigenvalue weighted by Gasteiger charge is 2.42. The highest BCUT2D eigenvalue weighted by molar-refractivity contribution is 6.20. The van der Waals surface area contributed by atoms with E-state index in [1.807, 2.05) is 25.7 Å². The summed E-state index contributed by atoms with van der Waals surface area (Å²) >= 11 is 0. The second kappa shape index (κ2) is 7.26. The largest absolute Gasteiger partial charge is 0.444 e. The van der Waals surface area contributed by atoms with Crippen molar-refractivity contribution in [2.45, 2.75) is 58.0 Å². The van der Waals surface area contributed by atoms with Crippen molar-refractivity contribution in [1.82, 2.24) is 9.80 Å². The number of carbonyl (C=O) groups excluding carboxylic acids is 2. The van der Waals surface area contributed by atoms with Gasteiger partial charge in [-0.15, -0.1) is 0 Å². The average Bonchev–Trinajstić information content (AvgIpc) is 2.61. The van der Waals surface area contributed by atoms with Crippen molar-refractivity contribution < 1.29 is 14.3 Å². The molecule has 1 fully saturated rings. The van der Waals surface area contributed by atoms with Gasteiger partial charge in [0.25, 0.3) is 5.91 Å². The topological polar surface area (TPSA) is 49.9 Å². The first-order valence-corrected chi connectivity index (χ1v) is 10.0. The first-order chi connectivity index (χ1) is 13.0. The van der Waals surface area contributed by atoms with Gasteiger partial charge in [-0.05, 0) is 58.1 Å². The number of allylic oxidation sites excluding steroid dienone is 1. The molecule has 0 aromatic heterocycles. The Morgan fingerprint density at radius 3 is 2.36 bits per heavy atom. The number of benzene rings is 1. The summed E-state index contributed by atoms with van der Waals surface area (Å²) in [6.07, 6.45) is 4.45. The third-order valence-electron chi connectivity index (χ3n) is 5.74. The molecule has 5 heteroatoms. The van der Waals surface area contributed by atoms with Crippen LogP contribution in [0.15, 0.2) is 24.3 Å². The molecule has 1 spiro atoms. The van der Waals surface area contributed by atoms with Gasteiger partial charge >= 0.3 is 6.09 Å². The number of likely N-dealkylation sites (N-methyl/N-ethyl adjacent to an activating group) is 1. The SMILES string of the molecule is Cc1ccc2c(c1)C1(CC=C2C(=O)N(C)C)CCN(C(=O)OC(C)(C)C)CC1. The summed E-state index contributed by atoms with van der Waals surface area (Å²) in [6.45, 7) is 9.12. The normalized spacial score (nSPS) is 18.4. The fraction of sp³-hybridized carbons (Fsp3) is 0.565. The van der Waals surface area contributed by atoms with Crippen LogP contribution >= 0.6 is 0 Å². The minimum absolute atomic E-state index is 0.0179. The minimum Gasteiger partial charge on any atom is -0.444 e. The number of hydrogen-bond acceptors (Lipinski definition) is 3. The summed E-state index contributed by atoms with van der Waals surface area (Å²) in [6, 6.07) is 6.39. The molecule has 1 saturated heterocycles. The minimum atomic E-state index is -0.481. The average molecular weight is 385 g/mol. The van der Waals surface area contributed by atoms with E-state index in [-0.39, 0.29) is 17.4 Å². The Hall–Kier alpha value is -2.30. The second-order valence-electron chi connectivity index (χ2n) is 9.32. The number of ether oxygens (including phenoxy) is 1. The fourth-order valence-corrected chi connectivity index (χ4v) is 4.21. The summed E-state index contributed by atoms with van der Waals surface area (Å²) in [5, 5.41) is 0. The van der Waals surface area contributed by atoms with Crippen LogP contribution in [0, 0.1) is 6.92 Å². The molecule has 5 nitrogen and oxygen atoms in total. The van der Waals surface area contributed by atoms with Crippen molar-refractivity contribution in [1.29, 1.82) is 0 Å². The van der Waals surface area contributed by atoms with E-state index in [0.29, 0.717) is 13.1 Å². The van der Waals surface area contributed by atoms with Gasteiger partial charge in [-0.3, -0.25) is 4.79 Å². The Morgan fingerprint density at radius 2 is 1.79 bits per heavy atom. The Balaban J connectivity index is 1.86. The van der Waals surface area contributed by atoms with Crippen LogP contribution in [-0.2, 0) is 14.9 Å². The lowest BCUT2D eigenvalue weighted by atomic mass is 9.65. The van der Waals surface area contributed by atoms with Gasteiger partial charge in [0.1, 0.15) is 5.60 Å². The number of aryl methyl sites for hydroxylation is 1. The highest BCUT2D eigenvalue weighted by atomic mass is 16.6. The number of likely N-dealkylation sites (tertiary alicyclic amines) is 1. The van der Waals surface area contributed by atoms with E-state index in [9.17, 15) is 9.59 Å². The van der Waals surface area contributed by atoms with Crippen molar-refractivity contribution in [2.24, 2.45) is 0 Å². The standard InChI is InChI=1S/C23H32N2O3/c1-16-7-8-17-18(20(26)24(5)6)9-10-23(19(17)15-16)11-13-25(14-12-23)21(27)28-22(2,3)4/h7-9,15H,10-14H2,1-6H3. The van der Waals surface area contributed by atoms with Gasteiger partial charge in [0.2, 0.25) is 0 Å². The molecule has 0 N–H and O–H groups in total. The van der Waals surface area contributed by atoms with Crippen LogP contribution in [0.1, 0.15) is 56.7 Å². The Morgan fingerprint density at radius 1 is 1.14 bits per heavy atom. The second-order valence-corrected chi connectivity index (χ2v) is 9.32. The van der Waals surface area contributed by atoms with Crippen LogP contribution in [0.2, 0.25) is 0 Å². The predicted octanol–water partition coefficient (Wildman–Crippen LogP) is 4.14. The fourth-order valence-electron chi connectivity index (χ4n) is 4.21. The molecule has 1 aromatic rings. The van der Waals surface area contributed by atoms with Crippen molar-refractivity contribution in [2.75, 3.05) is 27.2 Å². The molecule has 0 saturated carbocycles. The molecule has 2 aliphatic rings. The zero-order chi connectivity index (χ0) is 20.7. The lowest BCUT2D eigenvalue weighted by Gasteiger charge is -2.45. The molecule has 0 atom stereocenters. The summed E-state index contributed by atoms with van der Waals surface area (Å²) in [7, 11) is 3.58. The Kier molecular flexibility index (Phi) is 5.30. The van der Waals surface area contributed by atoms with E-state index < -0.39 is 5.60 Å². The maximum atomic E-state index is 12.7. The molecule has 1 aromatic carbocycles. The summed E-state index contributed by atoms with van der Waals surface area (Å²) in [5.74, 6) is 0.0474. The predicted molar refractivity (Wildman–Crippen MR) is 111 cm³/mol. The molecule has 1 aliphatic carbocycles. The van der Waals surface area contributed by atoms with Crippen LogP contribution in [0.3, 0.4) is 0 Å². The maximum absolute atomic E-state index is 12.7. The number of piperidine rings is 1. The molecule has 152 valence electrons. The molecule has 3 rings (SSSR count).